The molecule has 0 unspecified atom stereocenters. The summed E-state index contributed by atoms with van der Waals surface area (Å²) in [5, 5.41) is 7.88. The van der Waals surface area contributed by atoms with Crippen LogP contribution in [0.25, 0.3) is 6.08 Å². The molecule has 1 aliphatic rings. The Bertz CT molecular complexity index is 1120. The van der Waals surface area contributed by atoms with Crippen molar-refractivity contribution in [2.45, 2.75) is 39.8 Å². The van der Waals surface area contributed by atoms with Gasteiger partial charge in [-0.1, -0.05) is 6.07 Å². The van der Waals surface area contributed by atoms with Crippen molar-refractivity contribution in [2.75, 3.05) is 6.54 Å². The summed E-state index contributed by atoms with van der Waals surface area (Å²) in [5.41, 5.74) is 5.05. The highest BCUT2D eigenvalue weighted by molar-refractivity contribution is 7.10. The molecule has 0 saturated heterocycles. The largest absolute Gasteiger partial charge is 0.348 e. The monoisotopic (exact) mass is 452 g/mol. The second kappa shape index (κ2) is 9.53. The van der Waals surface area contributed by atoms with Crippen molar-refractivity contribution in [1.82, 2.24) is 20.2 Å². The van der Waals surface area contributed by atoms with Crippen LogP contribution in [0.3, 0.4) is 0 Å². The van der Waals surface area contributed by atoms with Crippen molar-refractivity contribution in [3.05, 3.63) is 73.1 Å². The summed E-state index contributed by atoms with van der Waals surface area (Å²) in [6, 6.07) is 3.93. The molecule has 0 bridgehead atoms. The van der Waals surface area contributed by atoms with Gasteiger partial charge in [0, 0.05) is 47.9 Å². The number of pyridine rings is 1. The lowest BCUT2D eigenvalue weighted by Crippen LogP contribution is -2.38. The fourth-order valence-electron chi connectivity index (χ4n) is 3.70. The third-order valence-corrected chi connectivity index (χ3v) is 6.99. The summed E-state index contributed by atoms with van der Waals surface area (Å²) in [6.07, 6.45) is 6.33. The molecular formula is C23H24N4O2S2. The number of rotatable bonds is 6. The summed E-state index contributed by atoms with van der Waals surface area (Å²) < 4.78 is 0. The van der Waals surface area contributed by atoms with E-state index in [1.807, 2.05) is 53.9 Å². The van der Waals surface area contributed by atoms with E-state index in [-0.39, 0.29) is 11.8 Å². The highest BCUT2D eigenvalue weighted by Crippen LogP contribution is 2.24. The molecule has 160 valence electrons. The molecule has 3 aromatic heterocycles. The molecule has 0 saturated carbocycles. The molecule has 0 radical (unpaired) electrons. The molecule has 1 aliphatic heterocycles. The van der Waals surface area contributed by atoms with Crippen LogP contribution in [0.5, 0.6) is 0 Å². The van der Waals surface area contributed by atoms with E-state index in [2.05, 4.69) is 15.3 Å². The molecule has 0 aliphatic carbocycles. The summed E-state index contributed by atoms with van der Waals surface area (Å²) in [7, 11) is 0. The number of aromatic nitrogens is 2. The zero-order valence-corrected chi connectivity index (χ0v) is 19.2. The Morgan fingerprint density at radius 2 is 2.16 bits per heavy atom. The van der Waals surface area contributed by atoms with Gasteiger partial charge in [-0.25, -0.2) is 4.98 Å². The number of fused-ring (bicyclic) bond motifs is 1. The van der Waals surface area contributed by atoms with Crippen molar-refractivity contribution in [2.24, 2.45) is 0 Å². The van der Waals surface area contributed by atoms with Gasteiger partial charge in [-0.2, -0.15) is 0 Å². The fourth-order valence-corrected chi connectivity index (χ4v) is 4.93. The number of thiazole rings is 1. The maximum Gasteiger partial charge on any atom is 0.244 e. The molecule has 4 heterocycles. The van der Waals surface area contributed by atoms with E-state index in [1.54, 1.807) is 28.7 Å². The van der Waals surface area contributed by atoms with Crippen molar-refractivity contribution in [1.29, 1.82) is 0 Å². The minimum Gasteiger partial charge on any atom is -0.348 e. The average Bonchev–Trinajstić information content (AvgIpc) is 3.42. The maximum atomic E-state index is 12.7. The Labute approximate surface area is 189 Å². The van der Waals surface area contributed by atoms with E-state index < -0.39 is 0 Å². The van der Waals surface area contributed by atoms with Gasteiger partial charge in [0.25, 0.3) is 0 Å². The first-order valence-electron chi connectivity index (χ1n) is 10.1. The predicted molar refractivity (Wildman–Crippen MR) is 124 cm³/mol. The van der Waals surface area contributed by atoms with Gasteiger partial charge in [0.15, 0.2) is 0 Å². The summed E-state index contributed by atoms with van der Waals surface area (Å²) >= 11 is 3.16. The Balaban J connectivity index is 1.41. The van der Waals surface area contributed by atoms with Gasteiger partial charge in [0.1, 0.15) is 0 Å². The zero-order valence-electron chi connectivity index (χ0n) is 17.6. The average molecular weight is 453 g/mol. The normalized spacial score (nSPS) is 13.4. The number of hydrogen-bond acceptors (Lipinski definition) is 6. The van der Waals surface area contributed by atoms with E-state index in [9.17, 15) is 9.59 Å². The molecule has 0 fully saturated rings. The second-order valence-corrected chi connectivity index (χ2v) is 9.53. The number of nitrogens with one attached hydrogen (secondary N) is 1. The number of carbonyl (C=O) groups excluding carboxylic acids is 2. The summed E-state index contributed by atoms with van der Waals surface area (Å²) in [5.74, 6) is -0.0401. The number of thiophene rings is 1. The van der Waals surface area contributed by atoms with Gasteiger partial charge in [-0.15, -0.1) is 22.7 Å². The number of hydrogen-bond donors (Lipinski definition) is 1. The van der Waals surface area contributed by atoms with Crippen LogP contribution >= 0.6 is 22.7 Å². The fraction of sp³-hybridized carbons (Fsp3) is 0.304. The van der Waals surface area contributed by atoms with Crippen LogP contribution in [0, 0.1) is 13.8 Å². The van der Waals surface area contributed by atoms with Crippen LogP contribution in [0.4, 0.5) is 0 Å². The highest BCUT2D eigenvalue weighted by atomic mass is 32.1. The molecule has 8 heteroatoms. The topological polar surface area (TPSA) is 75.2 Å². The van der Waals surface area contributed by atoms with Gasteiger partial charge in [-0.05, 0) is 54.5 Å². The first-order chi connectivity index (χ1) is 15.0. The van der Waals surface area contributed by atoms with E-state index in [0.29, 0.717) is 26.1 Å². The lowest BCUT2D eigenvalue weighted by atomic mass is 9.94. The smallest absolute Gasteiger partial charge is 0.244 e. The highest BCUT2D eigenvalue weighted by Gasteiger charge is 2.24. The van der Waals surface area contributed by atoms with Crippen molar-refractivity contribution >= 4 is 40.6 Å². The lowest BCUT2D eigenvalue weighted by Gasteiger charge is -2.30. The molecule has 0 atom stereocenters. The van der Waals surface area contributed by atoms with Crippen LogP contribution in [0.2, 0.25) is 0 Å². The van der Waals surface area contributed by atoms with Crippen molar-refractivity contribution < 1.29 is 9.59 Å². The number of carbonyl (C=O) groups is 2. The first kappa shape index (κ1) is 21.4. The molecule has 6 nitrogen and oxygen atoms in total. The summed E-state index contributed by atoms with van der Waals surface area (Å²) in [4.78, 5) is 36.8. The molecule has 3 aromatic rings. The van der Waals surface area contributed by atoms with E-state index in [0.717, 1.165) is 38.8 Å². The molecule has 2 amide bonds. The van der Waals surface area contributed by atoms with Crippen LogP contribution in [-0.2, 0) is 35.5 Å². The number of nitrogens with zero attached hydrogens (tertiary/aromatic N) is 3. The first-order valence-corrected chi connectivity index (χ1v) is 11.9. The SMILES string of the molecule is Cc1nc(CC(=O)N2CCc3c(cnc(C)c3CNC(=O)C=Cc3cccs3)C2)cs1. The Kier molecular flexibility index (Phi) is 6.58. The maximum absolute atomic E-state index is 12.7. The third-order valence-electron chi connectivity index (χ3n) is 5.33. The Morgan fingerprint density at radius 1 is 1.29 bits per heavy atom. The number of aryl methyl sites for hydroxylation is 2. The molecule has 0 aromatic carbocycles. The van der Waals surface area contributed by atoms with Gasteiger partial charge in [0.2, 0.25) is 11.8 Å². The molecule has 1 N–H and O–H groups in total. The molecule has 4 rings (SSSR count). The molecule has 31 heavy (non-hydrogen) atoms. The van der Waals surface area contributed by atoms with Crippen LogP contribution in [-0.4, -0.2) is 33.2 Å². The quantitative estimate of drug-likeness (QED) is 0.579. The number of amides is 2. The Hall–Kier alpha value is -2.84. The molecule has 0 spiro atoms. The molecular weight excluding hydrogens is 428 g/mol. The predicted octanol–water partition coefficient (Wildman–Crippen LogP) is 3.67. The second-order valence-electron chi connectivity index (χ2n) is 7.49. The van der Waals surface area contributed by atoms with Crippen LogP contribution < -0.4 is 5.32 Å². The van der Waals surface area contributed by atoms with Gasteiger partial charge in [0.05, 0.1) is 17.1 Å². The van der Waals surface area contributed by atoms with Gasteiger partial charge >= 0.3 is 0 Å². The minimum absolute atomic E-state index is 0.0880. The van der Waals surface area contributed by atoms with Gasteiger partial charge in [-0.3, -0.25) is 14.6 Å². The van der Waals surface area contributed by atoms with E-state index in [4.69, 9.17) is 0 Å². The standard InChI is InChI=1S/C23H24N4O2S2/c1-15-21(12-25-22(28)6-5-19-4-3-9-30-19)20-7-8-27(13-17(20)11-24-15)23(29)10-18-14-31-16(2)26-18/h3-6,9,11,14H,7-8,10,12-13H2,1-2H3,(H,25,28). The van der Waals surface area contributed by atoms with Crippen molar-refractivity contribution in [3.63, 3.8) is 0 Å². The van der Waals surface area contributed by atoms with E-state index in [1.165, 1.54) is 5.56 Å². The summed E-state index contributed by atoms with van der Waals surface area (Å²) in [6.45, 7) is 5.55. The zero-order chi connectivity index (χ0) is 21.8. The minimum atomic E-state index is -0.128. The Morgan fingerprint density at radius 3 is 2.90 bits per heavy atom. The lowest BCUT2D eigenvalue weighted by molar-refractivity contribution is -0.131. The van der Waals surface area contributed by atoms with Crippen LogP contribution in [0.1, 0.15) is 38.0 Å². The third kappa shape index (κ3) is 5.26. The van der Waals surface area contributed by atoms with Gasteiger partial charge < -0.3 is 10.2 Å². The van der Waals surface area contributed by atoms with Crippen LogP contribution in [0.15, 0.2) is 35.2 Å². The van der Waals surface area contributed by atoms with Crippen molar-refractivity contribution in [3.8, 4) is 0 Å². The van der Waals surface area contributed by atoms with E-state index >= 15 is 0 Å².